The lowest BCUT2D eigenvalue weighted by Crippen LogP contribution is -2.15. The molecule has 1 N–H and O–H groups in total. The highest BCUT2D eigenvalue weighted by molar-refractivity contribution is 5.17. The molecule has 1 heterocycles. The molecule has 1 fully saturated rings. The van der Waals surface area contributed by atoms with Gasteiger partial charge in [-0.05, 0) is 24.1 Å². The van der Waals surface area contributed by atoms with E-state index in [4.69, 9.17) is 0 Å². The summed E-state index contributed by atoms with van der Waals surface area (Å²) in [5, 5.41) is 3.00. The van der Waals surface area contributed by atoms with Gasteiger partial charge in [0.05, 0.1) is 0 Å². The van der Waals surface area contributed by atoms with Crippen molar-refractivity contribution in [2.24, 2.45) is 5.92 Å². The van der Waals surface area contributed by atoms with Gasteiger partial charge in [-0.15, -0.1) is 0 Å². The van der Waals surface area contributed by atoms with E-state index in [0.717, 1.165) is 12.1 Å². The number of halogens is 2. The maximum absolute atomic E-state index is 13.2. The quantitative estimate of drug-likeness (QED) is 0.763. The van der Waals surface area contributed by atoms with Crippen LogP contribution in [0.15, 0.2) is 24.3 Å². The van der Waals surface area contributed by atoms with Crippen LogP contribution >= 0.6 is 0 Å². The first-order chi connectivity index (χ1) is 6.75. The maximum Gasteiger partial charge on any atom is 0.123 e. The van der Waals surface area contributed by atoms with Gasteiger partial charge in [-0.1, -0.05) is 12.1 Å². The van der Waals surface area contributed by atoms with Crippen LogP contribution in [0, 0.1) is 11.7 Å². The van der Waals surface area contributed by atoms with Crippen LogP contribution in [0.2, 0.25) is 0 Å². The predicted octanol–water partition coefficient (Wildman–Crippen LogP) is 1.93. The molecule has 1 aromatic carbocycles. The molecule has 76 valence electrons. The van der Waals surface area contributed by atoms with E-state index in [-0.39, 0.29) is 11.7 Å². The Balaban J connectivity index is 2.00. The molecule has 0 bridgehead atoms. The summed E-state index contributed by atoms with van der Waals surface area (Å²) in [6.07, 6.45) is -0.0749. The minimum atomic E-state index is -0.764. The molecule has 2 rings (SSSR count). The number of hydrogen-bond donors (Lipinski definition) is 1. The summed E-state index contributed by atoms with van der Waals surface area (Å²) in [6.45, 7) is 1.17. The molecule has 0 saturated carbocycles. The molecule has 2 unspecified atom stereocenters. The Bertz CT molecular complexity index is 297. The third-order valence-electron chi connectivity index (χ3n) is 2.67. The lowest BCUT2D eigenvalue weighted by Gasteiger charge is -2.10. The van der Waals surface area contributed by atoms with Gasteiger partial charge in [0.15, 0.2) is 0 Å². The predicted molar refractivity (Wildman–Crippen MR) is 51.4 cm³/mol. The summed E-state index contributed by atoms with van der Waals surface area (Å²) in [5.41, 5.74) is 1.00. The molecule has 1 aliphatic rings. The molecule has 0 spiro atoms. The molecular weight excluding hydrogens is 184 g/mol. The lowest BCUT2D eigenvalue weighted by molar-refractivity contribution is 0.282. The minimum absolute atomic E-state index is 0.0421. The van der Waals surface area contributed by atoms with E-state index < -0.39 is 6.17 Å². The van der Waals surface area contributed by atoms with Gasteiger partial charge in [-0.25, -0.2) is 8.78 Å². The van der Waals surface area contributed by atoms with E-state index in [2.05, 4.69) is 5.32 Å². The molecule has 0 aliphatic carbocycles. The average Bonchev–Trinajstić information content (AvgIpc) is 2.56. The van der Waals surface area contributed by atoms with Crippen LogP contribution in [0.5, 0.6) is 0 Å². The fourth-order valence-electron chi connectivity index (χ4n) is 1.82. The molecule has 0 radical (unpaired) electrons. The summed E-state index contributed by atoms with van der Waals surface area (Å²) in [7, 11) is 0. The molecule has 1 saturated heterocycles. The molecule has 1 aromatic rings. The molecule has 0 amide bonds. The first kappa shape index (κ1) is 9.59. The largest absolute Gasteiger partial charge is 0.313 e. The molecule has 2 atom stereocenters. The topological polar surface area (TPSA) is 12.0 Å². The van der Waals surface area contributed by atoms with Crippen molar-refractivity contribution in [2.75, 3.05) is 13.1 Å². The lowest BCUT2D eigenvalue weighted by atomic mass is 9.97. The van der Waals surface area contributed by atoms with Crippen LogP contribution in [-0.4, -0.2) is 19.3 Å². The van der Waals surface area contributed by atoms with Crippen LogP contribution < -0.4 is 5.32 Å². The van der Waals surface area contributed by atoms with Crippen molar-refractivity contribution in [3.63, 3.8) is 0 Å². The highest BCUT2D eigenvalue weighted by Crippen LogP contribution is 2.18. The van der Waals surface area contributed by atoms with Crippen molar-refractivity contribution in [1.29, 1.82) is 0 Å². The molecule has 1 nitrogen and oxygen atoms in total. The second-order valence-electron chi connectivity index (χ2n) is 3.76. The SMILES string of the molecule is Fc1ccc(CC2CNCC2F)cc1. The zero-order chi connectivity index (χ0) is 9.97. The first-order valence-electron chi connectivity index (χ1n) is 4.85. The van der Waals surface area contributed by atoms with Gasteiger partial charge in [-0.3, -0.25) is 0 Å². The number of rotatable bonds is 2. The summed E-state index contributed by atoms with van der Waals surface area (Å²) >= 11 is 0. The van der Waals surface area contributed by atoms with Crippen LogP contribution in [0.25, 0.3) is 0 Å². The average molecular weight is 197 g/mol. The van der Waals surface area contributed by atoms with Gasteiger partial charge in [-0.2, -0.15) is 0 Å². The van der Waals surface area contributed by atoms with Crippen LogP contribution in [0.3, 0.4) is 0 Å². The van der Waals surface area contributed by atoms with E-state index in [0.29, 0.717) is 13.0 Å². The standard InChI is InChI=1S/C11H13F2N/c12-10-3-1-8(2-4-10)5-9-6-14-7-11(9)13/h1-4,9,11,14H,5-7H2. The van der Waals surface area contributed by atoms with Gasteiger partial charge >= 0.3 is 0 Å². The van der Waals surface area contributed by atoms with E-state index in [1.165, 1.54) is 12.1 Å². The second kappa shape index (κ2) is 4.05. The molecule has 0 aromatic heterocycles. The fraction of sp³-hybridized carbons (Fsp3) is 0.455. The second-order valence-corrected chi connectivity index (χ2v) is 3.76. The summed E-state index contributed by atoms with van der Waals surface area (Å²) in [5.74, 6) is -0.199. The zero-order valence-corrected chi connectivity index (χ0v) is 7.84. The molecule has 3 heteroatoms. The summed E-state index contributed by atoms with van der Waals surface area (Å²) in [6, 6.07) is 6.29. The highest BCUT2D eigenvalue weighted by Gasteiger charge is 2.26. The smallest absolute Gasteiger partial charge is 0.123 e. The Morgan fingerprint density at radius 2 is 1.93 bits per heavy atom. The summed E-state index contributed by atoms with van der Waals surface area (Å²) in [4.78, 5) is 0. The van der Waals surface area contributed by atoms with Gasteiger partial charge in [0, 0.05) is 19.0 Å². The van der Waals surface area contributed by atoms with E-state index >= 15 is 0 Å². The Hall–Kier alpha value is -0.960. The van der Waals surface area contributed by atoms with Crippen LogP contribution in [0.1, 0.15) is 5.56 Å². The number of nitrogens with one attached hydrogen (secondary N) is 1. The monoisotopic (exact) mass is 197 g/mol. The Labute approximate surface area is 82.1 Å². The molecule has 14 heavy (non-hydrogen) atoms. The normalized spacial score (nSPS) is 26.7. The van der Waals surface area contributed by atoms with Crippen molar-refractivity contribution in [1.82, 2.24) is 5.32 Å². The van der Waals surface area contributed by atoms with E-state index in [9.17, 15) is 8.78 Å². The zero-order valence-electron chi connectivity index (χ0n) is 7.84. The van der Waals surface area contributed by atoms with Gasteiger partial charge in [0.25, 0.3) is 0 Å². The van der Waals surface area contributed by atoms with E-state index in [1.54, 1.807) is 12.1 Å². The van der Waals surface area contributed by atoms with Crippen molar-refractivity contribution < 1.29 is 8.78 Å². The van der Waals surface area contributed by atoms with Crippen molar-refractivity contribution >= 4 is 0 Å². The van der Waals surface area contributed by atoms with Crippen LogP contribution in [-0.2, 0) is 6.42 Å². The summed E-state index contributed by atoms with van der Waals surface area (Å²) < 4.78 is 25.8. The van der Waals surface area contributed by atoms with E-state index in [1.807, 2.05) is 0 Å². The number of alkyl halides is 1. The van der Waals surface area contributed by atoms with Gasteiger partial charge in [0.2, 0.25) is 0 Å². The van der Waals surface area contributed by atoms with Crippen molar-refractivity contribution in [2.45, 2.75) is 12.6 Å². The molecular formula is C11H13F2N. The van der Waals surface area contributed by atoms with Gasteiger partial charge in [0.1, 0.15) is 12.0 Å². The fourth-order valence-corrected chi connectivity index (χ4v) is 1.82. The Morgan fingerprint density at radius 3 is 2.50 bits per heavy atom. The number of hydrogen-bond acceptors (Lipinski definition) is 1. The third kappa shape index (κ3) is 2.10. The third-order valence-corrected chi connectivity index (χ3v) is 2.67. The molecule has 1 aliphatic heterocycles. The Kier molecular flexibility index (Phi) is 2.77. The van der Waals surface area contributed by atoms with Crippen LogP contribution in [0.4, 0.5) is 8.78 Å². The van der Waals surface area contributed by atoms with Gasteiger partial charge < -0.3 is 5.32 Å². The Morgan fingerprint density at radius 1 is 1.21 bits per heavy atom. The first-order valence-corrected chi connectivity index (χ1v) is 4.85. The van der Waals surface area contributed by atoms with Crippen molar-refractivity contribution in [3.8, 4) is 0 Å². The maximum atomic E-state index is 13.2. The minimum Gasteiger partial charge on any atom is -0.313 e. The van der Waals surface area contributed by atoms with Crippen molar-refractivity contribution in [3.05, 3.63) is 35.6 Å². The number of benzene rings is 1. The highest BCUT2D eigenvalue weighted by atomic mass is 19.1.